The third kappa shape index (κ3) is 3.56. The summed E-state index contributed by atoms with van der Waals surface area (Å²) < 4.78 is 13.7. The van der Waals surface area contributed by atoms with Crippen molar-refractivity contribution in [2.45, 2.75) is 64.3 Å². The standard InChI is InChI=1S/C16H28N2O5Si/c1-10-13(23-24(5,6)16(2,3)4)11(9-19)22-14(10)18-8-7-12(20)17-15(18)21/h7-8,10-11,13-14,19H,9H2,1-6H3,(H,17,20,21)/t10-,11+,13-,14+/m0/s1. The van der Waals surface area contributed by atoms with Crippen LogP contribution in [0.25, 0.3) is 0 Å². The van der Waals surface area contributed by atoms with E-state index in [1.807, 2.05) is 6.92 Å². The number of rotatable bonds is 4. The fraction of sp³-hybridized carbons (Fsp3) is 0.750. The second kappa shape index (κ2) is 6.59. The van der Waals surface area contributed by atoms with Gasteiger partial charge in [-0.15, -0.1) is 0 Å². The quantitative estimate of drug-likeness (QED) is 0.797. The van der Waals surface area contributed by atoms with Crippen LogP contribution in [0.4, 0.5) is 0 Å². The molecule has 0 unspecified atom stereocenters. The molecule has 0 bridgehead atoms. The topological polar surface area (TPSA) is 93.5 Å². The van der Waals surface area contributed by atoms with E-state index in [1.54, 1.807) is 0 Å². The third-order valence-electron chi connectivity index (χ3n) is 5.19. The molecule has 1 aliphatic rings. The summed E-state index contributed by atoms with van der Waals surface area (Å²) in [6.45, 7) is 12.5. The summed E-state index contributed by atoms with van der Waals surface area (Å²) in [5, 5.41) is 9.72. The molecule has 0 aromatic carbocycles. The van der Waals surface area contributed by atoms with Gasteiger partial charge in [0.25, 0.3) is 5.56 Å². The van der Waals surface area contributed by atoms with E-state index in [4.69, 9.17) is 9.16 Å². The molecule has 1 aromatic heterocycles. The molecular formula is C16H28N2O5Si. The molecule has 0 radical (unpaired) electrons. The summed E-state index contributed by atoms with van der Waals surface area (Å²) in [6.07, 6.45) is 0.0322. The van der Waals surface area contributed by atoms with Crippen molar-refractivity contribution >= 4 is 8.32 Å². The van der Waals surface area contributed by atoms with Crippen LogP contribution in [0, 0.1) is 5.92 Å². The smallest absolute Gasteiger partial charge is 0.330 e. The second-order valence-corrected chi connectivity index (χ2v) is 12.7. The molecule has 1 saturated heterocycles. The van der Waals surface area contributed by atoms with Gasteiger partial charge in [-0.25, -0.2) is 4.79 Å². The Balaban J connectivity index is 2.31. The molecule has 1 aromatic rings. The Morgan fingerprint density at radius 3 is 2.50 bits per heavy atom. The lowest BCUT2D eigenvalue weighted by Crippen LogP contribution is -2.48. The first-order valence-corrected chi connectivity index (χ1v) is 11.1. The molecule has 8 heteroatoms. The summed E-state index contributed by atoms with van der Waals surface area (Å²) in [4.78, 5) is 25.5. The molecule has 2 rings (SSSR count). The Kier molecular flexibility index (Phi) is 5.24. The van der Waals surface area contributed by atoms with Crippen LogP contribution < -0.4 is 11.2 Å². The highest BCUT2D eigenvalue weighted by molar-refractivity contribution is 6.74. The average Bonchev–Trinajstić information content (AvgIpc) is 2.74. The van der Waals surface area contributed by atoms with E-state index < -0.39 is 31.9 Å². The van der Waals surface area contributed by atoms with Crippen molar-refractivity contribution in [3.05, 3.63) is 33.1 Å². The lowest BCUT2D eigenvalue weighted by Gasteiger charge is -2.40. The molecule has 2 heterocycles. The number of hydrogen-bond acceptors (Lipinski definition) is 5. The van der Waals surface area contributed by atoms with E-state index in [2.05, 4.69) is 38.8 Å². The maximum absolute atomic E-state index is 12.1. The molecule has 0 spiro atoms. The predicted molar refractivity (Wildman–Crippen MR) is 93.6 cm³/mol. The van der Waals surface area contributed by atoms with Gasteiger partial charge in [-0.3, -0.25) is 14.3 Å². The van der Waals surface area contributed by atoms with Crippen LogP contribution in [-0.2, 0) is 9.16 Å². The van der Waals surface area contributed by atoms with Crippen molar-refractivity contribution in [3.63, 3.8) is 0 Å². The fourth-order valence-corrected chi connectivity index (χ4v) is 4.08. The van der Waals surface area contributed by atoms with Crippen molar-refractivity contribution in [2.24, 2.45) is 5.92 Å². The first-order valence-electron chi connectivity index (χ1n) is 8.23. The van der Waals surface area contributed by atoms with Crippen molar-refractivity contribution in [2.75, 3.05) is 6.61 Å². The van der Waals surface area contributed by atoms with Gasteiger partial charge in [-0.05, 0) is 18.1 Å². The molecule has 1 fully saturated rings. The molecule has 24 heavy (non-hydrogen) atoms. The Hall–Kier alpha value is -1.22. The van der Waals surface area contributed by atoms with Crippen LogP contribution in [0.2, 0.25) is 18.1 Å². The number of aromatic amines is 1. The number of hydrogen-bond donors (Lipinski definition) is 2. The zero-order valence-corrected chi connectivity index (χ0v) is 16.2. The van der Waals surface area contributed by atoms with Gasteiger partial charge in [-0.1, -0.05) is 27.7 Å². The van der Waals surface area contributed by atoms with Crippen LogP contribution in [0.5, 0.6) is 0 Å². The Morgan fingerprint density at radius 2 is 2.00 bits per heavy atom. The zero-order valence-electron chi connectivity index (χ0n) is 15.2. The Labute approximate surface area is 142 Å². The Bertz CT molecular complexity index is 691. The van der Waals surface area contributed by atoms with Crippen molar-refractivity contribution in [3.8, 4) is 0 Å². The van der Waals surface area contributed by atoms with Gasteiger partial charge in [0.1, 0.15) is 12.3 Å². The molecule has 2 N–H and O–H groups in total. The van der Waals surface area contributed by atoms with Gasteiger partial charge in [-0.2, -0.15) is 0 Å². The molecule has 0 aliphatic carbocycles. The lowest BCUT2D eigenvalue weighted by atomic mass is 10.0. The summed E-state index contributed by atoms with van der Waals surface area (Å²) in [6, 6.07) is 1.29. The van der Waals surface area contributed by atoms with Crippen LogP contribution in [0.1, 0.15) is 33.9 Å². The minimum absolute atomic E-state index is 0.0274. The van der Waals surface area contributed by atoms with Gasteiger partial charge in [0.2, 0.25) is 0 Å². The maximum Gasteiger partial charge on any atom is 0.330 e. The molecule has 0 saturated carbocycles. The molecule has 1 aliphatic heterocycles. The molecule has 136 valence electrons. The highest BCUT2D eigenvalue weighted by Gasteiger charge is 2.48. The van der Waals surface area contributed by atoms with E-state index >= 15 is 0 Å². The van der Waals surface area contributed by atoms with Gasteiger partial charge in [0.05, 0.1) is 12.7 Å². The van der Waals surface area contributed by atoms with E-state index in [9.17, 15) is 14.7 Å². The van der Waals surface area contributed by atoms with Gasteiger partial charge in [0.15, 0.2) is 8.32 Å². The third-order valence-corrected chi connectivity index (χ3v) is 9.66. The highest BCUT2D eigenvalue weighted by Crippen LogP contribution is 2.42. The van der Waals surface area contributed by atoms with Crippen LogP contribution in [-0.4, -0.2) is 41.8 Å². The van der Waals surface area contributed by atoms with Crippen molar-refractivity contribution < 1.29 is 14.3 Å². The SMILES string of the molecule is C[C@H]1[C@H](O[Si](C)(C)C(C)(C)C)[C@@H](CO)O[C@H]1n1ccc(=O)[nH]c1=O. The summed E-state index contributed by atoms with van der Waals surface area (Å²) >= 11 is 0. The molecule has 7 nitrogen and oxygen atoms in total. The second-order valence-electron chi connectivity index (χ2n) is 7.97. The fourth-order valence-electron chi connectivity index (χ4n) is 2.68. The van der Waals surface area contributed by atoms with E-state index in [0.717, 1.165) is 0 Å². The largest absolute Gasteiger partial charge is 0.411 e. The molecular weight excluding hydrogens is 328 g/mol. The minimum atomic E-state index is -2.06. The number of aliphatic hydroxyl groups excluding tert-OH is 1. The predicted octanol–water partition coefficient (Wildman–Crippen LogP) is 1.45. The number of aromatic nitrogens is 2. The number of H-pyrrole nitrogens is 1. The first kappa shape index (κ1) is 19.1. The monoisotopic (exact) mass is 356 g/mol. The van der Waals surface area contributed by atoms with E-state index in [-0.39, 0.29) is 23.7 Å². The number of nitrogens with zero attached hydrogens (tertiary/aromatic N) is 1. The number of nitrogens with one attached hydrogen (secondary N) is 1. The lowest BCUT2D eigenvalue weighted by molar-refractivity contribution is -0.0461. The summed E-state index contributed by atoms with van der Waals surface area (Å²) in [5.41, 5.74) is -0.973. The van der Waals surface area contributed by atoms with Crippen LogP contribution in [0.15, 0.2) is 21.9 Å². The summed E-state index contributed by atoms with van der Waals surface area (Å²) in [5.74, 6) is -0.139. The van der Waals surface area contributed by atoms with Gasteiger partial charge < -0.3 is 14.3 Å². The first-order chi connectivity index (χ1) is 11.0. The normalized spacial score (nSPS) is 28.3. The molecule has 0 amide bonds. The van der Waals surface area contributed by atoms with Gasteiger partial charge in [0, 0.05) is 18.2 Å². The number of ether oxygens (including phenoxy) is 1. The van der Waals surface area contributed by atoms with E-state index in [1.165, 1.54) is 16.8 Å². The van der Waals surface area contributed by atoms with Crippen molar-refractivity contribution in [1.29, 1.82) is 0 Å². The minimum Gasteiger partial charge on any atom is -0.411 e. The number of aliphatic hydroxyl groups is 1. The Morgan fingerprint density at radius 1 is 1.38 bits per heavy atom. The maximum atomic E-state index is 12.1. The van der Waals surface area contributed by atoms with Crippen molar-refractivity contribution in [1.82, 2.24) is 9.55 Å². The van der Waals surface area contributed by atoms with Crippen LogP contribution >= 0.6 is 0 Å². The summed E-state index contributed by atoms with van der Waals surface area (Å²) in [7, 11) is -2.06. The van der Waals surface area contributed by atoms with Crippen LogP contribution in [0.3, 0.4) is 0 Å². The zero-order chi connectivity index (χ0) is 18.3. The van der Waals surface area contributed by atoms with Gasteiger partial charge >= 0.3 is 5.69 Å². The molecule has 4 atom stereocenters. The average molecular weight is 356 g/mol. The van der Waals surface area contributed by atoms with E-state index in [0.29, 0.717) is 0 Å². The highest BCUT2D eigenvalue weighted by atomic mass is 28.4.